The van der Waals surface area contributed by atoms with Gasteiger partial charge in [0.2, 0.25) is 0 Å². The van der Waals surface area contributed by atoms with Gasteiger partial charge in [-0.2, -0.15) is 0 Å². The van der Waals surface area contributed by atoms with Gasteiger partial charge in [0.1, 0.15) is 0 Å². The molecule has 0 amide bonds. The number of nitrogens with two attached hydrogens (primary N) is 1. The Morgan fingerprint density at radius 3 is 2.63 bits per heavy atom. The Hall–Kier alpha value is -0.940. The molecule has 0 spiro atoms. The molecular formula is C15H24N2O2. The highest BCUT2D eigenvalue weighted by atomic mass is 16.5. The van der Waals surface area contributed by atoms with E-state index in [-0.39, 0.29) is 11.6 Å². The van der Waals surface area contributed by atoms with Gasteiger partial charge in [0.15, 0.2) is 0 Å². The number of aryl methyl sites for hydroxylation is 1. The van der Waals surface area contributed by atoms with Gasteiger partial charge in [-0.15, -0.1) is 0 Å². The van der Waals surface area contributed by atoms with Gasteiger partial charge in [0, 0.05) is 32.7 Å². The van der Waals surface area contributed by atoms with Gasteiger partial charge in [-0.1, -0.05) is 24.3 Å². The summed E-state index contributed by atoms with van der Waals surface area (Å²) in [7, 11) is 0. The lowest BCUT2D eigenvalue weighted by atomic mass is 9.81. The molecule has 0 bridgehead atoms. The topological polar surface area (TPSA) is 56.5 Å². The number of hydrogen-bond acceptors (Lipinski definition) is 4. The molecule has 0 aliphatic carbocycles. The standard InChI is InChI=1S/C15H24N2O2/c1-3-19-15(8-10-18-11-9-15)14(17-16)13-7-5-4-6-12(13)2/h4-7,14,17H,3,8-11,16H2,1-2H3. The van der Waals surface area contributed by atoms with Crippen molar-refractivity contribution in [2.75, 3.05) is 19.8 Å². The summed E-state index contributed by atoms with van der Waals surface area (Å²) in [6.45, 7) is 6.28. The van der Waals surface area contributed by atoms with E-state index < -0.39 is 0 Å². The molecule has 19 heavy (non-hydrogen) atoms. The lowest BCUT2D eigenvalue weighted by Gasteiger charge is -2.43. The predicted molar refractivity (Wildman–Crippen MR) is 75.7 cm³/mol. The first-order valence-corrected chi connectivity index (χ1v) is 6.97. The molecule has 4 heteroatoms. The van der Waals surface area contributed by atoms with Crippen LogP contribution in [0.15, 0.2) is 24.3 Å². The van der Waals surface area contributed by atoms with Crippen LogP contribution in [0.2, 0.25) is 0 Å². The monoisotopic (exact) mass is 264 g/mol. The Kier molecular flexibility index (Phi) is 4.93. The van der Waals surface area contributed by atoms with Crippen molar-refractivity contribution >= 4 is 0 Å². The van der Waals surface area contributed by atoms with E-state index >= 15 is 0 Å². The lowest BCUT2D eigenvalue weighted by Crippen LogP contribution is -2.52. The maximum atomic E-state index is 6.11. The van der Waals surface area contributed by atoms with Crippen molar-refractivity contribution < 1.29 is 9.47 Å². The fourth-order valence-corrected chi connectivity index (χ4v) is 2.96. The molecule has 1 unspecified atom stereocenters. The molecule has 0 aromatic heterocycles. The van der Waals surface area contributed by atoms with E-state index in [0.29, 0.717) is 6.61 Å². The maximum absolute atomic E-state index is 6.11. The molecule has 1 atom stereocenters. The van der Waals surface area contributed by atoms with Crippen molar-refractivity contribution in [3.8, 4) is 0 Å². The Balaban J connectivity index is 2.34. The average molecular weight is 264 g/mol. The Morgan fingerprint density at radius 1 is 1.37 bits per heavy atom. The molecule has 1 aromatic rings. The molecule has 1 aliphatic rings. The first kappa shape index (κ1) is 14.5. The summed E-state index contributed by atoms with van der Waals surface area (Å²) in [6, 6.07) is 8.32. The highest BCUT2D eigenvalue weighted by Gasteiger charge is 2.42. The largest absolute Gasteiger partial charge is 0.381 e. The average Bonchev–Trinajstić information content (AvgIpc) is 2.43. The van der Waals surface area contributed by atoms with E-state index in [0.717, 1.165) is 26.1 Å². The molecule has 1 aliphatic heterocycles. The van der Waals surface area contributed by atoms with Gasteiger partial charge in [-0.25, -0.2) is 0 Å². The first-order valence-electron chi connectivity index (χ1n) is 6.97. The zero-order valence-electron chi connectivity index (χ0n) is 11.8. The van der Waals surface area contributed by atoms with Gasteiger partial charge < -0.3 is 9.47 Å². The lowest BCUT2D eigenvalue weighted by molar-refractivity contribution is -0.128. The van der Waals surface area contributed by atoms with Gasteiger partial charge in [0.25, 0.3) is 0 Å². The first-order chi connectivity index (χ1) is 9.23. The number of rotatable bonds is 5. The molecule has 106 valence electrons. The third-order valence-corrected chi connectivity index (χ3v) is 3.96. The molecule has 1 fully saturated rings. The van der Waals surface area contributed by atoms with Crippen LogP contribution in [0, 0.1) is 6.92 Å². The van der Waals surface area contributed by atoms with E-state index in [9.17, 15) is 0 Å². The zero-order valence-corrected chi connectivity index (χ0v) is 11.8. The van der Waals surface area contributed by atoms with Gasteiger partial charge in [-0.05, 0) is 25.0 Å². The van der Waals surface area contributed by atoms with Gasteiger partial charge in [0.05, 0.1) is 11.6 Å². The van der Waals surface area contributed by atoms with Crippen LogP contribution in [0.1, 0.15) is 36.9 Å². The minimum absolute atomic E-state index is 0.00227. The number of hydrogen-bond donors (Lipinski definition) is 2. The van der Waals surface area contributed by atoms with E-state index in [4.69, 9.17) is 15.3 Å². The number of benzene rings is 1. The van der Waals surface area contributed by atoms with Crippen LogP contribution in [0.3, 0.4) is 0 Å². The third-order valence-electron chi connectivity index (χ3n) is 3.96. The van der Waals surface area contributed by atoms with Crippen LogP contribution < -0.4 is 11.3 Å². The van der Waals surface area contributed by atoms with Crippen LogP contribution in [0.5, 0.6) is 0 Å². The summed E-state index contributed by atoms with van der Waals surface area (Å²) >= 11 is 0. The molecule has 0 radical (unpaired) electrons. The molecule has 1 aromatic carbocycles. The summed E-state index contributed by atoms with van der Waals surface area (Å²) in [6.07, 6.45) is 1.73. The van der Waals surface area contributed by atoms with Crippen LogP contribution in [-0.4, -0.2) is 25.4 Å². The van der Waals surface area contributed by atoms with Gasteiger partial charge in [-0.3, -0.25) is 11.3 Å². The number of hydrazine groups is 1. The molecule has 3 N–H and O–H groups in total. The minimum atomic E-state index is -0.270. The number of ether oxygens (including phenoxy) is 2. The molecule has 2 rings (SSSR count). The van der Waals surface area contributed by atoms with Crippen LogP contribution in [-0.2, 0) is 9.47 Å². The van der Waals surface area contributed by atoms with Crippen molar-refractivity contribution in [1.82, 2.24) is 5.43 Å². The van der Waals surface area contributed by atoms with Gasteiger partial charge >= 0.3 is 0 Å². The summed E-state index contributed by atoms with van der Waals surface area (Å²) in [4.78, 5) is 0. The van der Waals surface area contributed by atoms with Crippen molar-refractivity contribution in [3.05, 3.63) is 35.4 Å². The zero-order chi connectivity index (χ0) is 13.7. The second-order valence-electron chi connectivity index (χ2n) is 5.07. The van der Waals surface area contributed by atoms with E-state index in [1.54, 1.807) is 0 Å². The Labute approximate surface area is 115 Å². The summed E-state index contributed by atoms with van der Waals surface area (Å²) in [5, 5.41) is 0. The highest BCUT2D eigenvalue weighted by molar-refractivity contribution is 5.31. The summed E-state index contributed by atoms with van der Waals surface area (Å²) in [5.74, 6) is 5.85. The van der Waals surface area contributed by atoms with Crippen LogP contribution in [0.4, 0.5) is 0 Å². The SMILES string of the molecule is CCOC1(C(NN)c2ccccc2C)CCOCC1. The summed E-state index contributed by atoms with van der Waals surface area (Å²) < 4.78 is 11.6. The van der Waals surface area contributed by atoms with Crippen molar-refractivity contribution in [1.29, 1.82) is 0 Å². The molecule has 0 saturated carbocycles. The van der Waals surface area contributed by atoms with E-state index in [1.165, 1.54) is 11.1 Å². The van der Waals surface area contributed by atoms with Crippen molar-refractivity contribution in [2.45, 2.75) is 38.3 Å². The molecular weight excluding hydrogens is 240 g/mol. The molecule has 4 nitrogen and oxygen atoms in total. The molecule has 1 saturated heterocycles. The van der Waals surface area contributed by atoms with Crippen molar-refractivity contribution in [3.63, 3.8) is 0 Å². The summed E-state index contributed by atoms with van der Waals surface area (Å²) in [5.41, 5.74) is 5.15. The fraction of sp³-hybridized carbons (Fsp3) is 0.600. The maximum Gasteiger partial charge on any atom is 0.0932 e. The normalized spacial score (nSPS) is 20.2. The highest BCUT2D eigenvalue weighted by Crippen LogP contribution is 2.38. The minimum Gasteiger partial charge on any atom is -0.381 e. The Morgan fingerprint density at radius 2 is 2.05 bits per heavy atom. The van der Waals surface area contributed by atoms with Crippen LogP contribution in [0.25, 0.3) is 0 Å². The Bertz CT molecular complexity index is 397. The fourth-order valence-electron chi connectivity index (χ4n) is 2.96. The van der Waals surface area contributed by atoms with E-state index in [2.05, 4.69) is 24.5 Å². The van der Waals surface area contributed by atoms with Crippen molar-refractivity contribution in [2.24, 2.45) is 5.84 Å². The second-order valence-corrected chi connectivity index (χ2v) is 5.07. The number of nitrogens with one attached hydrogen (secondary N) is 1. The van der Waals surface area contributed by atoms with E-state index in [1.807, 2.05) is 19.1 Å². The molecule has 1 heterocycles. The third kappa shape index (κ3) is 2.98. The predicted octanol–water partition coefficient (Wildman–Crippen LogP) is 2.09. The quantitative estimate of drug-likeness (QED) is 0.631. The smallest absolute Gasteiger partial charge is 0.0932 e. The van der Waals surface area contributed by atoms with Crippen LogP contribution >= 0.6 is 0 Å². The second kappa shape index (κ2) is 6.48.